The molecule has 6 nitrogen and oxygen atoms in total. The van der Waals surface area contributed by atoms with Crippen LogP contribution >= 0.6 is 0 Å². The van der Waals surface area contributed by atoms with Crippen molar-refractivity contribution in [2.45, 2.75) is 6.54 Å². The smallest absolute Gasteiger partial charge is 0.271 e. The third-order valence-corrected chi connectivity index (χ3v) is 3.47. The highest BCUT2D eigenvalue weighted by molar-refractivity contribution is 6.04. The van der Waals surface area contributed by atoms with Gasteiger partial charge in [0.15, 0.2) is 0 Å². The first kappa shape index (κ1) is 16.3. The molecule has 2 amide bonds. The van der Waals surface area contributed by atoms with Crippen LogP contribution in [0.15, 0.2) is 73.2 Å². The highest BCUT2D eigenvalue weighted by Gasteiger charge is 2.09. The van der Waals surface area contributed by atoms with Gasteiger partial charge in [-0.15, -0.1) is 0 Å². The van der Waals surface area contributed by atoms with Gasteiger partial charge in [-0.05, 0) is 29.8 Å². The molecule has 124 valence electrons. The molecule has 0 unspecified atom stereocenters. The van der Waals surface area contributed by atoms with E-state index in [0.29, 0.717) is 12.1 Å². The van der Waals surface area contributed by atoms with E-state index in [-0.39, 0.29) is 17.5 Å². The summed E-state index contributed by atoms with van der Waals surface area (Å²) in [6.45, 7) is 0.294. The Balaban J connectivity index is 1.63. The van der Waals surface area contributed by atoms with Gasteiger partial charge in [0.05, 0.1) is 6.20 Å². The summed E-state index contributed by atoms with van der Waals surface area (Å²) in [5.74, 6) is -0.513. The molecule has 0 saturated heterocycles. The van der Waals surface area contributed by atoms with Crippen LogP contribution in [0, 0.1) is 0 Å². The van der Waals surface area contributed by atoms with Crippen LogP contribution < -0.4 is 10.6 Å². The second-order valence-electron chi connectivity index (χ2n) is 5.29. The normalized spacial score (nSPS) is 10.1. The van der Waals surface area contributed by atoms with Gasteiger partial charge in [0.2, 0.25) is 0 Å². The van der Waals surface area contributed by atoms with Crippen LogP contribution in [0.5, 0.6) is 0 Å². The van der Waals surface area contributed by atoms with E-state index in [4.69, 9.17) is 0 Å². The van der Waals surface area contributed by atoms with Gasteiger partial charge in [-0.2, -0.15) is 0 Å². The second kappa shape index (κ2) is 7.83. The number of aromatic nitrogens is 2. The first-order valence-corrected chi connectivity index (χ1v) is 7.72. The molecule has 6 heteroatoms. The number of rotatable bonds is 5. The Labute approximate surface area is 145 Å². The van der Waals surface area contributed by atoms with Gasteiger partial charge in [0.25, 0.3) is 11.8 Å². The maximum absolute atomic E-state index is 12.3. The number of carbonyl (C=O) groups excluding carboxylic acids is 2. The van der Waals surface area contributed by atoms with Crippen LogP contribution in [0.4, 0.5) is 5.69 Å². The van der Waals surface area contributed by atoms with Crippen molar-refractivity contribution in [2.24, 2.45) is 0 Å². The minimum atomic E-state index is -0.313. The van der Waals surface area contributed by atoms with E-state index in [1.54, 1.807) is 18.2 Å². The van der Waals surface area contributed by atoms with Gasteiger partial charge in [-0.3, -0.25) is 14.6 Å². The molecule has 3 aromatic rings. The summed E-state index contributed by atoms with van der Waals surface area (Å²) in [4.78, 5) is 32.1. The first-order chi connectivity index (χ1) is 12.2. The number of carbonyl (C=O) groups is 2. The second-order valence-corrected chi connectivity index (χ2v) is 5.29. The summed E-state index contributed by atoms with van der Waals surface area (Å²) >= 11 is 0. The zero-order valence-electron chi connectivity index (χ0n) is 13.3. The molecule has 0 aliphatic rings. The van der Waals surface area contributed by atoms with Crippen LogP contribution in [-0.4, -0.2) is 21.8 Å². The molecule has 0 aliphatic carbocycles. The van der Waals surface area contributed by atoms with Crippen molar-refractivity contribution in [2.75, 3.05) is 5.32 Å². The average Bonchev–Trinajstić information content (AvgIpc) is 2.68. The molecule has 3 rings (SSSR count). The number of amides is 2. The molecule has 2 aromatic carbocycles. The number of anilines is 1. The van der Waals surface area contributed by atoms with Crippen LogP contribution in [-0.2, 0) is 6.54 Å². The van der Waals surface area contributed by atoms with Crippen molar-refractivity contribution in [1.82, 2.24) is 15.3 Å². The summed E-state index contributed by atoms with van der Waals surface area (Å²) in [5, 5.41) is 5.59. The minimum absolute atomic E-state index is 0.201. The molecule has 0 spiro atoms. The SMILES string of the molecule is O=C(Nc1ccccc1)c1cccc(CNC(=O)c2cnccn2)c1. The monoisotopic (exact) mass is 332 g/mol. The molecule has 1 heterocycles. The van der Waals surface area contributed by atoms with Crippen molar-refractivity contribution in [3.8, 4) is 0 Å². The number of nitrogens with zero attached hydrogens (tertiary/aromatic N) is 2. The van der Waals surface area contributed by atoms with Gasteiger partial charge < -0.3 is 10.6 Å². The topological polar surface area (TPSA) is 84.0 Å². The third kappa shape index (κ3) is 4.48. The van der Waals surface area contributed by atoms with Crippen LogP contribution in [0.2, 0.25) is 0 Å². The van der Waals surface area contributed by atoms with E-state index in [1.807, 2.05) is 36.4 Å². The maximum atomic E-state index is 12.3. The highest BCUT2D eigenvalue weighted by Crippen LogP contribution is 2.10. The van der Waals surface area contributed by atoms with Crippen LogP contribution in [0.1, 0.15) is 26.4 Å². The van der Waals surface area contributed by atoms with E-state index in [0.717, 1.165) is 11.3 Å². The number of benzene rings is 2. The van der Waals surface area contributed by atoms with E-state index in [2.05, 4.69) is 20.6 Å². The fraction of sp³-hybridized carbons (Fsp3) is 0.0526. The third-order valence-electron chi connectivity index (χ3n) is 3.47. The summed E-state index contributed by atoms with van der Waals surface area (Å²) in [7, 11) is 0. The molecule has 0 fully saturated rings. The summed E-state index contributed by atoms with van der Waals surface area (Å²) in [5.41, 5.74) is 2.32. The molecule has 1 aromatic heterocycles. The molecule has 0 radical (unpaired) electrons. The van der Waals surface area contributed by atoms with Crippen molar-refractivity contribution in [3.63, 3.8) is 0 Å². The lowest BCUT2D eigenvalue weighted by Crippen LogP contribution is -2.24. The van der Waals surface area contributed by atoms with Gasteiger partial charge in [-0.25, -0.2) is 4.98 Å². The quantitative estimate of drug-likeness (QED) is 0.752. The molecule has 2 N–H and O–H groups in total. The van der Waals surface area contributed by atoms with E-state index >= 15 is 0 Å². The number of para-hydroxylation sites is 1. The number of hydrogen-bond donors (Lipinski definition) is 2. The Kier molecular flexibility index (Phi) is 5.11. The fourth-order valence-electron chi connectivity index (χ4n) is 2.24. The van der Waals surface area contributed by atoms with Crippen LogP contribution in [0.3, 0.4) is 0 Å². The summed E-state index contributed by atoms with van der Waals surface area (Å²) in [6, 6.07) is 16.3. The Morgan fingerprint density at radius 3 is 2.52 bits per heavy atom. The summed E-state index contributed by atoms with van der Waals surface area (Å²) < 4.78 is 0. The lowest BCUT2D eigenvalue weighted by atomic mass is 10.1. The van der Waals surface area contributed by atoms with Gasteiger partial charge in [0.1, 0.15) is 5.69 Å². The van der Waals surface area contributed by atoms with Crippen LogP contribution in [0.25, 0.3) is 0 Å². The van der Waals surface area contributed by atoms with Gasteiger partial charge >= 0.3 is 0 Å². The average molecular weight is 332 g/mol. The van der Waals surface area contributed by atoms with Crippen molar-refractivity contribution in [3.05, 3.63) is 90.0 Å². The predicted molar refractivity (Wildman–Crippen MR) is 94.0 cm³/mol. The Morgan fingerprint density at radius 1 is 0.920 bits per heavy atom. The van der Waals surface area contributed by atoms with Crippen molar-refractivity contribution < 1.29 is 9.59 Å². The van der Waals surface area contributed by atoms with Crippen molar-refractivity contribution in [1.29, 1.82) is 0 Å². The summed E-state index contributed by atoms with van der Waals surface area (Å²) in [6.07, 6.45) is 4.37. The lowest BCUT2D eigenvalue weighted by Gasteiger charge is -2.08. The molecule has 0 bridgehead atoms. The van der Waals surface area contributed by atoms with Crippen molar-refractivity contribution >= 4 is 17.5 Å². The number of hydrogen-bond acceptors (Lipinski definition) is 4. The lowest BCUT2D eigenvalue weighted by molar-refractivity contribution is 0.0945. The fourth-order valence-corrected chi connectivity index (χ4v) is 2.24. The molecule has 0 saturated carbocycles. The largest absolute Gasteiger partial charge is 0.347 e. The molecule has 25 heavy (non-hydrogen) atoms. The highest BCUT2D eigenvalue weighted by atomic mass is 16.2. The molecular formula is C19H16N4O2. The van der Waals surface area contributed by atoms with Gasteiger partial charge in [0, 0.05) is 30.2 Å². The first-order valence-electron chi connectivity index (χ1n) is 7.72. The van der Waals surface area contributed by atoms with Gasteiger partial charge in [-0.1, -0.05) is 30.3 Å². The Hall–Kier alpha value is -3.54. The zero-order chi connectivity index (χ0) is 17.5. The number of nitrogens with one attached hydrogen (secondary N) is 2. The maximum Gasteiger partial charge on any atom is 0.271 e. The van der Waals surface area contributed by atoms with E-state index in [1.165, 1.54) is 18.6 Å². The minimum Gasteiger partial charge on any atom is -0.347 e. The molecule has 0 aliphatic heterocycles. The van der Waals surface area contributed by atoms with E-state index in [9.17, 15) is 9.59 Å². The molecule has 0 atom stereocenters. The molecular weight excluding hydrogens is 316 g/mol. The zero-order valence-corrected chi connectivity index (χ0v) is 13.3. The predicted octanol–water partition coefficient (Wildman–Crippen LogP) is 2.66. The Bertz CT molecular complexity index is 867. The Morgan fingerprint density at radius 2 is 1.76 bits per heavy atom. The van der Waals surface area contributed by atoms with E-state index < -0.39 is 0 Å². The standard InChI is InChI=1S/C19H16N4O2/c24-18(23-16-7-2-1-3-8-16)15-6-4-5-14(11-15)12-22-19(25)17-13-20-9-10-21-17/h1-11,13H,12H2,(H,22,25)(H,23,24).